The molecule has 0 aliphatic heterocycles. The number of hydrogen-bond acceptors (Lipinski definition) is 5. The Balaban J connectivity index is 2.00. The van der Waals surface area contributed by atoms with E-state index in [4.69, 9.17) is 14.3 Å². The van der Waals surface area contributed by atoms with Crippen molar-refractivity contribution in [3.8, 4) is 17.2 Å². The molecule has 0 radical (unpaired) electrons. The summed E-state index contributed by atoms with van der Waals surface area (Å²) in [7, 11) is 0. The monoisotopic (exact) mass is 220 g/mol. The highest BCUT2D eigenvalue weighted by Gasteiger charge is 2.02. The van der Waals surface area contributed by atoms with Gasteiger partial charge in [-0.15, -0.1) is 10.2 Å². The van der Waals surface area contributed by atoms with E-state index >= 15 is 0 Å². The van der Waals surface area contributed by atoms with Gasteiger partial charge in [0.1, 0.15) is 5.75 Å². The molecule has 1 heterocycles. The summed E-state index contributed by atoms with van der Waals surface area (Å²) in [6, 6.07) is 7.36. The van der Waals surface area contributed by atoms with Crippen LogP contribution in [0.1, 0.15) is 6.42 Å². The number of rotatable bonds is 5. The fourth-order valence-electron chi connectivity index (χ4n) is 1.25. The maximum Gasteiger partial charge on any atom is 0.247 e. The molecule has 2 rings (SSSR count). The second-order valence-electron chi connectivity index (χ2n) is 3.19. The Morgan fingerprint density at radius 2 is 2.06 bits per heavy atom. The first-order valence-electron chi connectivity index (χ1n) is 5.00. The standard InChI is InChI=1S/C11H12N2O3/c14-6-1-7-15-10-4-2-9(3-5-10)11-13-12-8-16-11/h2-5,8,14H,1,6-7H2. The minimum absolute atomic E-state index is 0.139. The molecule has 0 unspecified atom stereocenters. The number of aliphatic hydroxyl groups is 1. The van der Waals surface area contributed by atoms with Gasteiger partial charge in [0.15, 0.2) is 0 Å². The fourth-order valence-corrected chi connectivity index (χ4v) is 1.25. The van der Waals surface area contributed by atoms with Crippen molar-refractivity contribution in [2.45, 2.75) is 6.42 Å². The van der Waals surface area contributed by atoms with E-state index in [0.717, 1.165) is 11.3 Å². The van der Waals surface area contributed by atoms with Gasteiger partial charge in [0, 0.05) is 18.6 Å². The summed E-state index contributed by atoms with van der Waals surface area (Å²) in [4.78, 5) is 0. The average molecular weight is 220 g/mol. The highest BCUT2D eigenvalue weighted by molar-refractivity contribution is 5.53. The van der Waals surface area contributed by atoms with Crippen LogP contribution in [0.2, 0.25) is 0 Å². The van der Waals surface area contributed by atoms with Gasteiger partial charge in [0.25, 0.3) is 0 Å². The molecule has 5 nitrogen and oxygen atoms in total. The van der Waals surface area contributed by atoms with Crippen LogP contribution in [0.3, 0.4) is 0 Å². The van der Waals surface area contributed by atoms with Crippen LogP contribution in [0.25, 0.3) is 11.5 Å². The predicted octanol–water partition coefficient (Wildman–Crippen LogP) is 1.50. The molecule has 1 aromatic carbocycles. The topological polar surface area (TPSA) is 68.4 Å². The minimum Gasteiger partial charge on any atom is -0.494 e. The lowest BCUT2D eigenvalue weighted by molar-refractivity contribution is 0.233. The van der Waals surface area contributed by atoms with Crippen LogP contribution in [0.5, 0.6) is 5.75 Å². The molecule has 0 amide bonds. The van der Waals surface area contributed by atoms with Gasteiger partial charge in [0.2, 0.25) is 12.3 Å². The molecule has 0 saturated heterocycles. The van der Waals surface area contributed by atoms with Crippen LogP contribution >= 0.6 is 0 Å². The van der Waals surface area contributed by atoms with Crippen LogP contribution in [0, 0.1) is 0 Å². The second kappa shape index (κ2) is 5.27. The summed E-state index contributed by atoms with van der Waals surface area (Å²) in [6.07, 6.45) is 1.92. The first-order valence-corrected chi connectivity index (χ1v) is 5.00. The molecule has 1 aromatic heterocycles. The molecule has 84 valence electrons. The molecular formula is C11H12N2O3. The van der Waals surface area contributed by atoms with Crippen molar-refractivity contribution < 1.29 is 14.3 Å². The van der Waals surface area contributed by atoms with Crippen molar-refractivity contribution in [3.63, 3.8) is 0 Å². The molecule has 0 fully saturated rings. The number of ether oxygens (including phenoxy) is 1. The maximum absolute atomic E-state index is 8.61. The molecule has 16 heavy (non-hydrogen) atoms. The lowest BCUT2D eigenvalue weighted by Crippen LogP contribution is -1.99. The van der Waals surface area contributed by atoms with Crippen LogP contribution in [-0.4, -0.2) is 28.5 Å². The van der Waals surface area contributed by atoms with Gasteiger partial charge in [-0.3, -0.25) is 0 Å². The van der Waals surface area contributed by atoms with Crippen LogP contribution in [-0.2, 0) is 0 Å². The van der Waals surface area contributed by atoms with E-state index in [2.05, 4.69) is 10.2 Å². The van der Waals surface area contributed by atoms with Gasteiger partial charge in [-0.1, -0.05) is 0 Å². The maximum atomic E-state index is 8.61. The first-order chi connectivity index (χ1) is 7.90. The SMILES string of the molecule is OCCCOc1ccc(-c2nnco2)cc1. The molecule has 0 aliphatic rings. The third-order valence-electron chi connectivity index (χ3n) is 2.03. The van der Waals surface area contributed by atoms with Gasteiger partial charge >= 0.3 is 0 Å². The highest BCUT2D eigenvalue weighted by Crippen LogP contribution is 2.20. The van der Waals surface area contributed by atoms with Crippen LogP contribution in [0.4, 0.5) is 0 Å². The Morgan fingerprint density at radius 1 is 1.25 bits per heavy atom. The lowest BCUT2D eigenvalue weighted by Gasteiger charge is -2.04. The van der Waals surface area contributed by atoms with Crippen molar-refractivity contribution in [1.29, 1.82) is 0 Å². The molecule has 0 saturated carbocycles. The Kier molecular flexibility index (Phi) is 3.50. The van der Waals surface area contributed by atoms with Gasteiger partial charge in [-0.2, -0.15) is 0 Å². The van der Waals surface area contributed by atoms with E-state index in [-0.39, 0.29) is 6.61 Å². The lowest BCUT2D eigenvalue weighted by atomic mass is 10.2. The molecule has 0 atom stereocenters. The van der Waals surface area contributed by atoms with Crippen molar-refractivity contribution in [2.24, 2.45) is 0 Å². The Bertz CT molecular complexity index is 411. The fraction of sp³-hybridized carbons (Fsp3) is 0.273. The van der Waals surface area contributed by atoms with Gasteiger partial charge in [0.05, 0.1) is 6.61 Å². The third-order valence-corrected chi connectivity index (χ3v) is 2.03. The Labute approximate surface area is 92.7 Å². The summed E-state index contributed by atoms with van der Waals surface area (Å²) in [5, 5.41) is 16.0. The van der Waals surface area contributed by atoms with E-state index < -0.39 is 0 Å². The molecule has 2 aromatic rings. The quantitative estimate of drug-likeness (QED) is 0.773. The molecule has 5 heteroatoms. The van der Waals surface area contributed by atoms with E-state index in [1.165, 1.54) is 6.39 Å². The predicted molar refractivity (Wildman–Crippen MR) is 56.9 cm³/mol. The zero-order valence-corrected chi connectivity index (χ0v) is 8.67. The van der Waals surface area contributed by atoms with Crippen LogP contribution < -0.4 is 4.74 Å². The molecule has 0 bridgehead atoms. The van der Waals surface area contributed by atoms with Gasteiger partial charge in [-0.05, 0) is 24.3 Å². The molecule has 1 N–H and O–H groups in total. The smallest absolute Gasteiger partial charge is 0.247 e. The van der Waals surface area contributed by atoms with E-state index in [0.29, 0.717) is 18.9 Å². The normalized spacial score (nSPS) is 10.3. The van der Waals surface area contributed by atoms with Gasteiger partial charge < -0.3 is 14.3 Å². The summed E-state index contributed by atoms with van der Waals surface area (Å²) >= 11 is 0. The number of aromatic nitrogens is 2. The van der Waals surface area contributed by atoms with E-state index in [1.54, 1.807) is 0 Å². The van der Waals surface area contributed by atoms with Crippen molar-refractivity contribution in [3.05, 3.63) is 30.7 Å². The van der Waals surface area contributed by atoms with Crippen molar-refractivity contribution >= 4 is 0 Å². The number of hydrogen-bond donors (Lipinski definition) is 1. The molecular weight excluding hydrogens is 208 g/mol. The number of nitrogens with zero attached hydrogens (tertiary/aromatic N) is 2. The number of benzene rings is 1. The van der Waals surface area contributed by atoms with Crippen LogP contribution in [0.15, 0.2) is 35.1 Å². The summed E-state index contributed by atoms with van der Waals surface area (Å²) in [5.41, 5.74) is 0.854. The molecule has 0 spiro atoms. The highest BCUT2D eigenvalue weighted by atomic mass is 16.5. The van der Waals surface area contributed by atoms with E-state index in [1.807, 2.05) is 24.3 Å². The Hall–Kier alpha value is -1.88. The van der Waals surface area contributed by atoms with E-state index in [9.17, 15) is 0 Å². The zero-order valence-electron chi connectivity index (χ0n) is 8.67. The minimum atomic E-state index is 0.139. The van der Waals surface area contributed by atoms with Gasteiger partial charge in [-0.25, -0.2) is 0 Å². The third kappa shape index (κ3) is 2.58. The zero-order chi connectivity index (χ0) is 11.2. The summed E-state index contributed by atoms with van der Waals surface area (Å²) < 4.78 is 10.5. The average Bonchev–Trinajstić information content (AvgIpc) is 2.84. The first kappa shape index (κ1) is 10.6. The summed E-state index contributed by atoms with van der Waals surface area (Å²) in [6.45, 7) is 0.649. The summed E-state index contributed by atoms with van der Waals surface area (Å²) in [5.74, 6) is 1.25. The number of aliphatic hydroxyl groups excluding tert-OH is 1. The van der Waals surface area contributed by atoms with Crippen molar-refractivity contribution in [2.75, 3.05) is 13.2 Å². The van der Waals surface area contributed by atoms with Crippen molar-refractivity contribution in [1.82, 2.24) is 10.2 Å². The second-order valence-corrected chi connectivity index (χ2v) is 3.19. The largest absolute Gasteiger partial charge is 0.494 e. The molecule has 0 aliphatic carbocycles. The Morgan fingerprint density at radius 3 is 2.69 bits per heavy atom.